The van der Waals surface area contributed by atoms with E-state index < -0.39 is 5.06 Å². The van der Waals surface area contributed by atoms with Gasteiger partial charge < -0.3 is 5.11 Å². The molecule has 0 fully saturated rings. The maximum Gasteiger partial charge on any atom is 0.163 e. The molecule has 0 radical (unpaired) electrons. The highest BCUT2D eigenvalue weighted by molar-refractivity contribution is 7.99. The predicted octanol–water partition coefficient (Wildman–Crippen LogP) is 0.577. The molecular weight excluding hydrogens is 122 g/mol. The minimum Gasteiger partial charge on any atom is -0.367 e. The molecule has 8 heavy (non-hydrogen) atoms. The molecule has 0 aliphatic carbocycles. The van der Waals surface area contributed by atoms with E-state index >= 15 is 0 Å². The van der Waals surface area contributed by atoms with Crippen LogP contribution in [-0.4, -0.2) is 35.4 Å². The highest BCUT2D eigenvalue weighted by Gasteiger charge is 2.19. The highest BCUT2D eigenvalue weighted by Crippen LogP contribution is 2.19. The number of aliphatic hydroxyl groups is 1. The zero-order chi connectivity index (χ0) is 6.78. The van der Waals surface area contributed by atoms with Crippen molar-refractivity contribution < 1.29 is 5.11 Å². The topological polar surface area (TPSA) is 23.5 Å². The number of hydrogen-bond acceptors (Lipinski definition) is 3. The molecule has 0 heterocycles. The molecule has 0 aromatic rings. The van der Waals surface area contributed by atoms with Crippen LogP contribution in [0.5, 0.6) is 0 Å². The molecule has 0 rings (SSSR count). The fraction of sp³-hybridized carbons (Fsp3) is 1.00. The number of rotatable bonds is 2. The van der Waals surface area contributed by atoms with Crippen LogP contribution in [0.4, 0.5) is 0 Å². The van der Waals surface area contributed by atoms with Crippen molar-refractivity contribution in [3.8, 4) is 0 Å². The Morgan fingerprint density at radius 2 is 1.88 bits per heavy atom. The summed E-state index contributed by atoms with van der Waals surface area (Å²) in [6.45, 7) is 1.76. The van der Waals surface area contributed by atoms with Gasteiger partial charge in [0.25, 0.3) is 0 Å². The van der Waals surface area contributed by atoms with Crippen LogP contribution in [0.2, 0.25) is 0 Å². The molecule has 0 bridgehead atoms. The number of nitrogens with zero attached hydrogens (tertiary/aromatic N) is 1. The quantitative estimate of drug-likeness (QED) is 0.560. The highest BCUT2D eigenvalue weighted by atomic mass is 32.2. The summed E-state index contributed by atoms with van der Waals surface area (Å²) in [6.07, 6.45) is 1.88. The van der Waals surface area contributed by atoms with Gasteiger partial charge >= 0.3 is 0 Å². The van der Waals surface area contributed by atoms with Crippen molar-refractivity contribution in [2.75, 3.05) is 20.4 Å². The first-order valence-electron chi connectivity index (χ1n) is 2.45. The van der Waals surface area contributed by atoms with Crippen molar-refractivity contribution in [1.82, 2.24) is 4.90 Å². The summed E-state index contributed by atoms with van der Waals surface area (Å²) in [7, 11) is 3.69. The van der Waals surface area contributed by atoms with E-state index in [2.05, 4.69) is 0 Å². The molecule has 3 heteroatoms. The third-order valence-electron chi connectivity index (χ3n) is 1.22. The standard InChI is InChI=1S/C5H13NOS/c1-5(7,8-4)6(2)3/h7H,1-4H3. The summed E-state index contributed by atoms with van der Waals surface area (Å²) in [6, 6.07) is 0. The first-order valence-corrected chi connectivity index (χ1v) is 3.68. The Bertz CT molecular complexity index is 72.8. The van der Waals surface area contributed by atoms with Crippen LogP contribution in [-0.2, 0) is 0 Å². The van der Waals surface area contributed by atoms with E-state index in [9.17, 15) is 5.11 Å². The maximum atomic E-state index is 9.29. The second-order valence-corrected chi connectivity index (χ2v) is 3.21. The summed E-state index contributed by atoms with van der Waals surface area (Å²) < 4.78 is 0. The lowest BCUT2D eigenvalue weighted by Crippen LogP contribution is -2.37. The minimum atomic E-state index is -0.708. The van der Waals surface area contributed by atoms with Gasteiger partial charge in [-0.15, -0.1) is 11.8 Å². The van der Waals surface area contributed by atoms with Gasteiger partial charge in [-0.25, -0.2) is 0 Å². The van der Waals surface area contributed by atoms with E-state index in [1.807, 2.05) is 20.4 Å². The Morgan fingerprint density at radius 3 is 1.88 bits per heavy atom. The van der Waals surface area contributed by atoms with Crippen molar-refractivity contribution in [2.45, 2.75) is 12.0 Å². The van der Waals surface area contributed by atoms with Gasteiger partial charge in [0.05, 0.1) is 0 Å². The monoisotopic (exact) mass is 135 g/mol. The van der Waals surface area contributed by atoms with Crippen LogP contribution < -0.4 is 0 Å². The zero-order valence-electron chi connectivity index (χ0n) is 5.80. The lowest BCUT2D eigenvalue weighted by Gasteiger charge is -2.28. The smallest absolute Gasteiger partial charge is 0.163 e. The van der Waals surface area contributed by atoms with Crippen molar-refractivity contribution in [3.63, 3.8) is 0 Å². The van der Waals surface area contributed by atoms with E-state index in [4.69, 9.17) is 0 Å². The molecule has 0 aromatic carbocycles. The number of hydrogen-bond donors (Lipinski definition) is 1. The first-order chi connectivity index (χ1) is 3.50. The van der Waals surface area contributed by atoms with Gasteiger partial charge in [-0.3, -0.25) is 4.90 Å². The van der Waals surface area contributed by atoms with E-state index in [0.717, 1.165) is 0 Å². The molecule has 1 N–H and O–H groups in total. The van der Waals surface area contributed by atoms with Crippen LogP contribution in [0.3, 0.4) is 0 Å². The van der Waals surface area contributed by atoms with Gasteiger partial charge in [-0.05, 0) is 27.3 Å². The van der Waals surface area contributed by atoms with Gasteiger partial charge in [0.15, 0.2) is 5.06 Å². The van der Waals surface area contributed by atoms with Gasteiger partial charge in [0.2, 0.25) is 0 Å². The molecule has 0 amide bonds. The zero-order valence-corrected chi connectivity index (χ0v) is 6.62. The van der Waals surface area contributed by atoms with Crippen LogP contribution in [0.15, 0.2) is 0 Å². The summed E-state index contributed by atoms with van der Waals surface area (Å²) in [5, 5.41) is 8.58. The minimum absolute atomic E-state index is 0.708. The molecule has 1 atom stereocenters. The first kappa shape index (κ1) is 8.27. The fourth-order valence-corrected chi connectivity index (χ4v) is 0.548. The molecule has 1 unspecified atom stereocenters. The summed E-state index contributed by atoms with van der Waals surface area (Å²) >= 11 is 1.42. The molecule has 0 aliphatic heterocycles. The van der Waals surface area contributed by atoms with Crippen molar-refractivity contribution in [1.29, 1.82) is 0 Å². The molecule has 50 valence electrons. The van der Waals surface area contributed by atoms with E-state index in [1.54, 1.807) is 11.8 Å². The van der Waals surface area contributed by atoms with E-state index in [-0.39, 0.29) is 0 Å². The Labute approximate surface area is 54.9 Å². The lowest BCUT2D eigenvalue weighted by molar-refractivity contribution is 0.0225. The second kappa shape index (κ2) is 2.71. The van der Waals surface area contributed by atoms with Crippen LogP contribution >= 0.6 is 11.8 Å². The van der Waals surface area contributed by atoms with Crippen molar-refractivity contribution in [3.05, 3.63) is 0 Å². The lowest BCUT2D eigenvalue weighted by atomic mass is 10.6. The van der Waals surface area contributed by atoms with Gasteiger partial charge in [0, 0.05) is 0 Å². The Kier molecular flexibility index (Phi) is 2.80. The Morgan fingerprint density at radius 1 is 1.50 bits per heavy atom. The van der Waals surface area contributed by atoms with E-state index in [0.29, 0.717) is 0 Å². The number of thioether (sulfide) groups is 1. The summed E-state index contributed by atoms with van der Waals surface area (Å²) in [5.41, 5.74) is 0. The predicted molar refractivity (Wildman–Crippen MR) is 37.8 cm³/mol. The fourth-order valence-electron chi connectivity index (χ4n) is 0.183. The van der Waals surface area contributed by atoms with Crippen LogP contribution in [0.25, 0.3) is 0 Å². The third kappa shape index (κ3) is 2.03. The molecule has 0 spiro atoms. The van der Waals surface area contributed by atoms with E-state index in [1.165, 1.54) is 11.8 Å². The SMILES string of the molecule is CSC(C)(O)N(C)C. The molecule has 0 aliphatic rings. The second-order valence-electron chi connectivity index (χ2n) is 2.03. The molecular formula is C5H13NOS. The normalized spacial score (nSPS) is 18.8. The Balaban J connectivity index is 3.71. The molecule has 0 saturated heterocycles. The van der Waals surface area contributed by atoms with Crippen LogP contribution in [0.1, 0.15) is 6.92 Å². The third-order valence-corrected chi connectivity index (χ3v) is 2.36. The van der Waals surface area contributed by atoms with Crippen molar-refractivity contribution >= 4 is 11.8 Å². The van der Waals surface area contributed by atoms with Crippen molar-refractivity contribution in [2.24, 2.45) is 0 Å². The molecule has 0 saturated carbocycles. The largest absolute Gasteiger partial charge is 0.367 e. The maximum absolute atomic E-state index is 9.29. The molecule has 2 nitrogen and oxygen atoms in total. The average molecular weight is 135 g/mol. The van der Waals surface area contributed by atoms with Gasteiger partial charge in [-0.2, -0.15) is 0 Å². The summed E-state index contributed by atoms with van der Waals surface area (Å²) in [4.78, 5) is 1.76. The average Bonchev–Trinajstić information content (AvgIpc) is 1.67. The summed E-state index contributed by atoms with van der Waals surface area (Å²) in [5.74, 6) is 0. The molecule has 0 aromatic heterocycles. The Hall–Kier alpha value is 0.270. The van der Waals surface area contributed by atoms with Gasteiger partial charge in [0.1, 0.15) is 0 Å². The van der Waals surface area contributed by atoms with Gasteiger partial charge in [-0.1, -0.05) is 0 Å². The van der Waals surface area contributed by atoms with Crippen LogP contribution in [0, 0.1) is 0 Å².